The number of hydrogen-bond donors (Lipinski definition) is 1. The van der Waals surface area contributed by atoms with Gasteiger partial charge >= 0.3 is 0 Å². The van der Waals surface area contributed by atoms with Crippen molar-refractivity contribution in [1.29, 1.82) is 0 Å². The molecule has 1 aromatic carbocycles. The van der Waals surface area contributed by atoms with Crippen molar-refractivity contribution in [1.82, 2.24) is 0 Å². The summed E-state index contributed by atoms with van der Waals surface area (Å²) in [5, 5.41) is 9.40. The molecule has 1 N–H and O–H groups in total. The van der Waals surface area contributed by atoms with Gasteiger partial charge in [-0.25, -0.2) is 0 Å². The van der Waals surface area contributed by atoms with Crippen LogP contribution in [0.1, 0.15) is 30.6 Å². The number of carbonyl (C=O) groups is 1. The Morgan fingerprint density at radius 2 is 2.25 bits per heavy atom. The molecule has 0 saturated carbocycles. The average Bonchev–Trinajstić information content (AvgIpc) is 2.25. The zero-order chi connectivity index (χ0) is 12.1. The van der Waals surface area contributed by atoms with Crippen molar-refractivity contribution in [3.8, 4) is 5.75 Å². The predicted octanol–water partition coefficient (Wildman–Crippen LogP) is 2.80. The second kappa shape index (κ2) is 6.01. The van der Waals surface area contributed by atoms with Crippen LogP contribution in [0.15, 0.2) is 22.7 Å². The Labute approximate surface area is 104 Å². The van der Waals surface area contributed by atoms with Gasteiger partial charge in [-0.2, -0.15) is 0 Å². The number of ketones is 1. The molecule has 1 unspecified atom stereocenters. The maximum Gasteiger partial charge on any atom is 0.163 e. The van der Waals surface area contributed by atoms with Gasteiger partial charge in [-0.05, 0) is 31.5 Å². The van der Waals surface area contributed by atoms with E-state index in [0.29, 0.717) is 17.7 Å². The van der Waals surface area contributed by atoms with Crippen molar-refractivity contribution in [3.05, 3.63) is 28.2 Å². The summed E-state index contributed by atoms with van der Waals surface area (Å²) >= 11 is 3.32. The van der Waals surface area contributed by atoms with Gasteiger partial charge in [0.05, 0.1) is 11.7 Å². The van der Waals surface area contributed by atoms with Gasteiger partial charge in [0.25, 0.3) is 0 Å². The van der Waals surface area contributed by atoms with E-state index in [-0.39, 0.29) is 12.4 Å². The first-order valence-electron chi connectivity index (χ1n) is 5.16. The molecule has 16 heavy (non-hydrogen) atoms. The Morgan fingerprint density at radius 3 is 2.81 bits per heavy atom. The summed E-state index contributed by atoms with van der Waals surface area (Å²) in [5.74, 6) is 0.461. The van der Waals surface area contributed by atoms with Gasteiger partial charge in [0.2, 0.25) is 0 Å². The number of rotatable bonds is 5. The first-order chi connectivity index (χ1) is 7.54. The van der Waals surface area contributed by atoms with E-state index >= 15 is 0 Å². The maximum absolute atomic E-state index is 11.3. The number of hydrogen-bond acceptors (Lipinski definition) is 3. The van der Waals surface area contributed by atoms with E-state index in [1.54, 1.807) is 18.2 Å². The number of ether oxygens (including phenoxy) is 1. The predicted molar refractivity (Wildman–Crippen MR) is 65.9 cm³/mol. The molecule has 0 aliphatic rings. The van der Waals surface area contributed by atoms with Crippen molar-refractivity contribution >= 4 is 21.7 Å². The van der Waals surface area contributed by atoms with Crippen LogP contribution >= 0.6 is 15.9 Å². The molecule has 0 spiro atoms. The lowest BCUT2D eigenvalue weighted by atomic mass is 10.1. The minimum absolute atomic E-state index is 0.0477. The monoisotopic (exact) mass is 286 g/mol. The summed E-state index contributed by atoms with van der Waals surface area (Å²) in [7, 11) is 0. The van der Waals surface area contributed by atoms with Crippen LogP contribution in [0.5, 0.6) is 5.75 Å². The van der Waals surface area contributed by atoms with Crippen LogP contribution in [-0.2, 0) is 0 Å². The first kappa shape index (κ1) is 13.2. The molecule has 4 heteroatoms. The van der Waals surface area contributed by atoms with E-state index in [2.05, 4.69) is 15.9 Å². The van der Waals surface area contributed by atoms with Crippen molar-refractivity contribution < 1.29 is 14.6 Å². The highest BCUT2D eigenvalue weighted by Gasteiger charge is 2.10. The third-order valence-electron chi connectivity index (χ3n) is 2.23. The SMILES string of the molecule is CCC(O)COc1cc(Br)ccc1C(C)=O. The Kier molecular flexibility index (Phi) is 4.96. The molecule has 0 fully saturated rings. The molecule has 0 aliphatic carbocycles. The van der Waals surface area contributed by atoms with Gasteiger partial charge in [-0.15, -0.1) is 0 Å². The summed E-state index contributed by atoms with van der Waals surface area (Å²) in [5.41, 5.74) is 0.534. The van der Waals surface area contributed by atoms with Crippen LogP contribution < -0.4 is 4.74 Å². The molecule has 0 aromatic heterocycles. The molecule has 0 radical (unpaired) electrons. The van der Waals surface area contributed by atoms with E-state index in [4.69, 9.17) is 4.74 Å². The third-order valence-corrected chi connectivity index (χ3v) is 2.72. The number of aliphatic hydroxyl groups is 1. The lowest BCUT2D eigenvalue weighted by Gasteiger charge is -2.13. The van der Waals surface area contributed by atoms with Gasteiger partial charge in [0.15, 0.2) is 5.78 Å². The maximum atomic E-state index is 11.3. The molecule has 1 aromatic rings. The van der Waals surface area contributed by atoms with Crippen molar-refractivity contribution in [2.45, 2.75) is 26.4 Å². The fourth-order valence-electron chi connectivity index (χ4n) is 1.21. The van der Waals surface area contributed by atoms with Gasteiger partial charge in [0.1, 0.15) is 12.4 Å². The smallest absolute Gasteiger partial charge is 0.163 e. The zero-order valence-electron chi connectivity index (χ0n) is 9.37. The van der Waals surface area contributed by atoms with Crippen molar-refractivity contribution in [2.75, 3.05) is 6.61 Å². The highest BCUT2D eigenvalue weighted by Crippen LogP contribution is 2.24. The Balaban J connectivity index is 2.84. The molecular weight excluding hydrogens is 272 g/mol. The topological polar surface area (TPSA) is 46.5 Å². The molecule has 0 amide bonds. The Bertz CT molecular complexity index is 377. The van der Waals surface area contributed by atoms with Crippen LogP contribution in [0, 0.1) is 0 Å². The van der Waals surface area contributed by atoms with E-state index < -0.39 is 6.10 Å². The minimum atomic E-state index is -0.501. The minimum Gasteiger partial charge on any atom is -0.490 e. The van der Waals surface area contributed by atoms with Crippen molar-refractivity contribution in [3.63, 3.8) is 0 Å². The first-order valence-corrected chi connectivity index (χ1v) is 5.95. The summed E-state index contributed by atoms with van der Waals surface area (Å²) in [6.45, 7) is 3.57. The number of halogens is 1. The molecule has 1 atom stereocenters. The third kappa shape index (κ3) is 3.61. The average molecular weight is 287 g/mol. The number of carbonyl (C=O) groups excluding carboxylic acids is 1. The van der Waals surface area contributed by atoms with Crippen LogP contribution in [0.2, 0.25) is 0 Å². The lowest BCUT2D eigenvalue weighted by Crippen LogP contribution is -2.17. The fourth-order valence-corrected chi connectivity index (χ4v) is 1.55. The zero-order valence-corrected chi connectivity index (χ0v) is 11.0. The van der Waals surface area contributed by atoms with Gasteiger partial charge < -0.3 is 9.84 Å². The second-order valence-corrected chi connectivity index (χ2v) is 4.49. The summed E-state index contributed by atoms with van der Waals surface area (Å²) < 4.78 is 6.28. The second-order valence-electron chi connectivity index (χ2n) is 3.57. The van der Waals surface area contributed by atoms with E-state index in [1.165, 1.54) is 6.92 Å². The molecule has 88 valence electrons. The molecule has 1 rings (SSSR count). The largest absolute Gasteiger partial charge is 0.490 e. The molecule has 0 aliphatic heterocycles. The van der Waals surface area contributed by atoms with Crippen LogP contribution in [0.3, 0.4) is 0 Å². The van der Waals surface area contributed by atoms with Crippen LogP contribution in [0.25, 0.3) is 0 Å². The molecule has 0 heterocycles. The lowest BCUT2D eigenvalue weighted by molar-refractivity contribution is 0.0966. The molecule has 3 nitrogen and oxygen atoms in total. The highest BCUT2D eigenvalue weighted by molar-refractivity contribution is 9.10. The number of Topliss-reactive ketones (excluding diaryl/α,β-unsaturated/α-hetero) is 1. The molecule has 0 bridgehead atoms. The summed E-state index contributed by atoms with van der Waals surface area (Å²) in [6.07, 6.45) is 0.127. The van der Waals surface area contributed by atoms with Gasteiger partial charge in [-0.3, -0.25) is 4.79 Å². The van der Waals surface area contributed by atoms with Crippen LogP contribution in [0.4, 0.5) is 0 Å². The van der Waals surface area contributed by atoms with Gasteiger partial charge in [-0.1, -0.05) is 22.9 Å². The normalized spacial score (nSPS) is 12.2. The van der Waals surface area contributed by atoms with Crippen molar-refractivity contribution in [2.24, 2.45) is 0 Å². The fraction of sp³-hybridized carbons (Fsp3) is 0.417. The summed E-state index contributed by atoms with van der Waals surface area (Å²) in [4.78, 5) is 11.3. The highest BCUT2D eigenvalue weighted by atomic mass is 79.9. The molecule has 0 saturated heterocycles. The summed E-state index contributed by atoms with van der Waals surface area (Å²) in [6, 6.07) is 5.24. The van der Waals surface area contributed by atoms with E-state index in [9.17, 15) is 9.90 Å². The van der Waals surface area contributed by atoms with Crippen LogP contribution in [-0.4, -0.2) is 23.6 Å². The quantitative estimate of drug-likeness (QED) is 0.847. The number of benzene rings is 1. The van der Waals surface area contributed by atoms with Gasteiger partial charge in [0, 0.05) is 4.47 Å². The Morgan fingerprint density at radius 1 is 1.56 bits per heavy atom. The number of aliphatic hydroxyl groups excluding tert-OH is 1. The molecular formula is C12H15BrO3. The Hall–Kier alpha value is -0.870. The van der Waals surface area contributed by atoms with E-state index in [1.807, 2.05) is 6.92 Å². The standard InChI is InChI=1S/C12H15BrO3/c1-3-10(15)7-16-12-6-9(13)4-5-11(12)8(2)14/h4-6,10,15H,3,7H2,1-2H3. The van der Waals surface area contributed by atoms with E-state index in [0.717, 1.165) is 4.47 Å².